The van der Waals surface area contributed by atoms with E-state index in [1.54, 1.807) is 23.0 Å². The third kappa shape index (κ3) is 3.46. The maximum absolute atomic E-state index is 12.1. The number of piperidine rings is 1. The summed E-state index contributed by atoms with van der Waals surface area (Å²) in [7, 11) is 0. The number of aromatic nitrogens is 4. The van der Waals surface area contributed by atoms with Crippen LogP contribution in [0.2, 0.25) is 0 Å². The number of anilines is 1. The molecule has 29 heavy (non-hydrogen) atoms. The summed E-state index contributed by atoms with van der Waals surface area (Å²) in [5, 5.41) is 15.6. The smallest absolute Gasteiger partial charge is 0.287 e. The van der Waals surface area contributed by atoms with Crippen LogP contribution in [0.4, 0.5) is 5.69 Å². The molecule has 2 fully saturated rings. The van der Waals surface area contributed by atoms with E-state index in [1.165, 1.54) is 6.26 Å². The molecular weight excluding hydrogens is 372 g/mol. The maximum Gasteiger partial charge on any atom is 0.287 e. The van der Waals surface area contributed by atoms with E-state index in [9.17, 15) is 4.79 Å². The Hall–Kier alpha value is -2.94. The fourth-order valence-electron chi connectivity index (χ4n) is 4.43. The van der Waals surface area contributed by atoms with Crippen LogP contribution in [0.25, 0.3) is 5.65 Å². The summed E-state index contributed by atoms with van der Waals surface area (Å²) in [4.78, 5) is 14.4. The SMILES string of the molecule is Cc1cc(N2CCC3(CCC(CNC(=O)c4ccco4)O3)CC2)c2nncn2n1. The lowest BCUT2D eigenvalue weighted by Gasteiger charge is -2.40. The number of nitrogens with zero attached hydrogens (tertiary/aromatic N) is 5. The van der Waals surface area contributed by atoms with E-state index in [2.05, 4.69) is 31.6 Å². The minimum absolute atomic E-state index is 0.0480. The van der Waals surface area contributed by atoms with Gasteiger partial charge in [-0.1, -0.05) is 0 Å². The number of ether oxygens (including phenoxy) is 1. The lowest BCUT2D eigenvalue weighted by molar-refractivity contribution is -0.0542. The lowest BCUT2D eigenvalue weighted by Crippen LogP contribution is -2.45. The Morgan fingerprint density at radius 3 is 3.00 bits per heavy atom. The zero-order valence-corrected chi connectivity index (χ0v) is 16.4. The first-order valence-corrected chi connectivity index (χ1v) is 10.0. The molecule has 2 aliphatic heterocycles. The lowest BCUT2D eigenvalue weighted by atomic mass is 9.88. The van der Waals surface area contributed by atoms with Gasteiger partial charge in [0, 0.05) is 19.6 Å². The summed E-state index contributed by atoms with van der Waals surface area (Å²) < 4.78 is 13.3. The first-order valence-electron chi connectivity index (χ1n) is 10.0. The highest BCUT2D eigenvalue weighted by atomic mass is 16.5. The second kappa shape index (κ2) is 7.14. The molecule has 5 rings (SSSR count). The van der Waals surface area contributed by atoms with Crippen molar-refractivity contribution < 1.29 is 13.9 Å². The highest BCUT2D eigenvalue weighted by Gasteiger charge is 2.42. The molecule has 1 amide bonds. The summed E-state index contributed by atoms with van der Waals surface area (Å²) in [6.07, 6.45) is 7.08. The predicted octanol–water partition coefficient (Wildman–Crippen LogP) is 1.97. The van der Waals surface area contributed by atoms with Crippen molar-refractivity contribution >= 4 is 17.2 Å². The molecule has 2 saturated heterocycles. The van der Waals surface area contributed by atoms with Crippen molar-refractivity contribution in [3.8, 4) is 0 Å². The van der Waals surface area contributed by atoms with Crippen LogP contribution in [0.3, 0.4) is 0 Å². The predicted molar refractivity (Wildman–Crippen MR) is 105 cm³/mol. The minimum atomic E-state index is -0.195. The van der Waals surface area contributed by atoms with Crippen LogP contribution in [0.1, 0.15) is 41.9 Å². The first kappa shape index (κ1) is 18.1. The van der Waals surface area contributed by atoms with Crippen molar-refractivity contribution in [1.82, 2.24) is 25.1 Å². The van der Waals surface area contributed by atoms with E-state index in [4.69, 9.17) is 9.15 Å². The van der Waals surface area contributed by atoms with E-state index in [0.29, 0.717) is 12.3 Å². The zero-order chi connectivity index (χ0) is 19.8. The number of aryl methyl sites for hydroxylation is 1. The molecule has 0 aromatic carbocycles. The van der Waals surface area contributed by atoms with E-state index in [-0.39, 0.29) is 17.6 Å². The van der Waals surface area contributed by atoms with Gasteiger partial charge in [-0.25, -0.2) is 0 Å². The van der Waals surface area contributed by atoms with Gasteiger partial charge in [-0.15, -0.1) is 10.2 Å². The molecule has 1 unspecified atom stereocenters. The fraction of sp³-hybridized carbons (Fsp3) is 0.500. The molecule has 1 atom stereocenters. The molecule has 0 bridgehead atoms. The van der Waals surface area contributed by atoms with Crippen molar-refractivity contribution in [2.45, 2.75) is 44.3 Å². The Balaban J connectivity index is 1.19. The second-order valence-electron chi connectivity index (χ2n) is 7.91. The molecule has 2 aliphatic rings. The Morgan fingerprint density at radius 1 is 1.34 bits per heavy atom. The number of hydrogen-bond acceptors (Lipinski definition) is 7. The van der Waals surface area contributed by atoms with Crippen molar-refractivity contribution in [2.24, 2.45) is 0 Å². The molecule has 0 aliphatic carbocycles. The normalized spacial score (nSPS) is 21.1. The van der Waals surface area contributed by atoms with Crippen LogP contribution >= 0.6 is 0 Å². The molecular formula is C20H24N6O3. The third-order valence-electron chi connectivity index (χ3n) is 5.96. The van der Waals surface area contributed by atoms with Crippen LogP contribution in [0, 0.1) is 6.92 Å². The van der Waals surface area contributed by atoms with Crippen molar-refractivity contribution in [3.05, 3.63) is 42.2 Å². The second-order valence-corrected chi connectivity index (χ2v) is 7.91. The van der Waals surface area contributed by atoms with Gasteiger partial charge in [-0.2, -0.15) is 9.61 Å². The Morgan fingerprint density at radius 2 is 2.21 bits per heavy atom. The van der Waals surface area contributed by atoms with Gasteiger partial charge in [0.1, 0.15) is 6.33 Å². The highest BCUT2D eigenvalue weighted by molar-refractivity contribution is 5.91. The molecule has 1 spiro atoms. The van der Waals surface area contributed by atoms with Gasteiger partial charge in [-0.05, 0) is 50.8 Å². The van der Waals surface area contributed by atoms with Crippen molar-refractivity contribution in [3.63, 3.8) is 0 Å². The largest absolute Gasteiger partial charge is 0.459 e. The minimum Gasteiger partial charge on any atom is -0.459 e. The van der Waals surface area contributed by atoms with Crippen molar-refractivity contribution in [1.29, 1.82) is 0 Å². The number of rotatable bonds is 4. The van der Waals surface area contributed by atoms with Gasteiger partial charge >= 0.3 is 0 Å². The monoisotopic (exact) mass is 396 g/mol. The fourth-order valence-corrected chi connectivity index (χ4v) is 4.43. The van der Waals surface area contributed by atoms with Crippen LogP contribution in [0.15, 0.2) is 35.2 Å². The number of fused-ring (bicyclic) bond motifs is 1. The highest BCUT2D eigenvalue weighted by Crippen LogP contribution is 2.40. The number of carbonyl (C=O) groups is 1. The summed E-state index contributed by atoms with van der Waals surface area (Å²) in [5.74, 6) is 0.137. The Kier molecular flexibility index (Phi) is 4.46. The average Bonchev–Trinajstić information content (AvgIpc) is 3.47. The standard InChI is InChI=1S/C20H24N6O3/c1-14-11-16(18-23-22-13-26(18)24-14)25-8-6-20(7-9-25)5-4-15(29-20)12-21-19(27)17-3-2-10-28-17/h2-3,10-11,13,15H,4-9,12H2,1H3,(H,21,27). The van der Waals surface area contributed by atoms with Gasteiger partial charge < -0.3 is 19.4 Å². The molecule has 0 radical (unpaired) electrons. The van der Waals surface area contributed by atoms with Crippen LogP contribution < -0.4 is 10.2 Å². The molecule has 152 valence electrons. The van der Waals surface area contributed by atoms with Gasteiger partial charge in [0.05, 0.1) is 29.3 Å². The summed E-state index contributed by atoms with van der Waals surface area (Å²) in [5.41, 5.74) is 2.71. The molecule has 0 saturated carbocycles. The average molecular weight is 396 g/mol. The van der Waals surface area contributed by atoms with E-state index in [0.717, 1.165) is 55.8 Å². The maximum atomic E-state index is 12.1. The number of hydrogen-bond donors (Lipinski definition) is 1. The molecule has 5 heterocycles. The Labute approximate surface area is 168 Å². The summed E-state index contributed by atoms with van der Waals surface area (Å²) in [6.45, 7) is 4.29. The molecule has 1 N–H and O–H groups in total. The number of nitrogens with one attached hydrogen (secondary N) is 1. The third-order valence-corrected chi connectivity index (χ3v) is 5.96. The Bertz CT molecular complexity index is 1010. The molecule has 3 aromatic rings. The van der Waals surface area contributed by atoms with E-state index < -0.39 is 0 Å². The number of furan rings is 1. The number of amides is 1. The van der Waals surface area contributed by atoms with Crippen LogP contribution in [-0.4, -0.2) is 57.1 Å². The van der Waals surface area contributed by atoms with E-state index >= 15 is 0 Å². The molecule has 9 nitrogen and oxygen atoms in total. The first-order chi connectivity index (χ1) is 14.1. The van der Waals surface area contributed by atoms with E-state index in [1.807, 2.05) is 6.92 Å². The van der Waals surface area contributed by atoms with Gasteiger partial charge in [0.15, 0.2) is 5.76 Å². The van der Waals surface area contributed by atoms with Gasteiger partial charge in [0.2, 0.25) is 5.65 Å². The van der Waals surface area contributed by atoms with Crippen LogP contribution in [-0.2, 0) is 4.74 Å². The van der Waals surface area contributed by atoms with Gasteiger partial charge in [0.25, 0.3) is 5.91 Å². The summed E-state index contributed by atoms with van der Waals surface area (Å²) in [6, 6.07) is 5.45. The van der Waals surface area contributed by atoms with Gasteiger partial charge in [-0.3, -0.25) is 4.79 Å². The zero-order valence-electron chi connectivity index (χ0n) is 16.4. The number of carbonyl (C=O) groups excluding carboxylic acids is 1. The topological polar surface area (TPSA) is 97.8 Å². The summed E-state index contributed by atoms with van der Waals surface area (Å²) >= 11 is 0. The molecule has 9 heteroatoms. The molecule has 3 aromatic heterocycles. The van der Waals surface area contributed by atoms with Crippen molar-refractivity contribution in [2.75, 3.05) is 24.5 Å². The van der Waals surface area contributed by atoms with Crippen LogP contribution in [0.5, 0.6) is 0 Å². The quantitative estimate of drug-likeness (QED) is 0.720.